The van der Waals surface area contributed by atoms with E-state index in [0.717, 1.165) is 25.3 Å². The number of aromatic nitrogens is 2. The van der Waals surface area contributed by atoms with Crippen LogP contribution in [0.5, 0.6) is 5.88 Å². The molecule has 0 fully saturated rings. The van der Waals surface area contributed by atoms with Crippen LogP contribution in [0.2, 0.25) is 0 Å². The summed E-state index contributed by atoms with van der Waals surface area (Å²) in [5.41, 5.74) is 7.49. The number of nitrogens with two attached hydrogens (primary N) is 1. The van der Waals surface area contributed by atoms with Crippen molar-refractivity contribution < 1.29 is 4.74 Å². The molecule has 0 aliphatic carbocycles. The van der Waals surface area contributed by atoms with Gasteiger partial charge in [0.1, 0.15) is 5.03 Å². The van der Waals surface area contributed by atoms with Gasteiger partial charge in [0.2, 0.25) is 5.88 Å². The highest BCUT2D eigenvalue weighted by atomic mass is 32.2. The standard InChI is InChI=1S/C13H11N3OS2/c1-17-11-3-2-4-12(16-11)19-13-15-9-6-5-8(14)7-10(9)18-13/h2-7H,14H2,1H3. The molecule has 0 unspecified atom stereocenters. The van der Waals surface area contributed by atoms with Crippen LogP contribution < -0.4 is 10.5 Å². The van der Waals surface area contributed by atoms with Gasteiger partial charge in [0.15, 0.2) is 4.34 Å². The number of nitrogens with zero attached hydrogens (tertiary/aromatic N) is 2. The summed E-state index contributed by atoms with van der Waals surface area (Å²) in [6, 6.07) is 11.4. The Balaban J connectivity index is 1.92. The predicted octanol–water partition coefficient (Wildman–Crippen LogP) is 3.43. The Labute approximate surface area is 118 Å². The fraction of sp³-hybridized carbons (Fsp3) is 0.0769. The third kappa shape index (κ3) is 2.64. The minimum absolute atomic E-state index is 0.607. The summed E-state index contributed by atoms with van der Waals surface area (Å²) in [7, 11) is 1.61. The second-order valence-corrected chi connectivity index (χ2v) is 6.13. The number of benzene rings is 1. The second kappa shape index (κ2) is 5.07. The first kappa shape index (κ1) is 12.3. The maximum absolute atomic E-state index is 5.77. The molecule has 0 saturated carbocycles. The topological polar surface area (TPSA) is 61.0 Å². The first-order valence-corrected chi connectivity index (χ1v) is 7.23. The quantitative estimate of drug-likeness (QED) is 0.748. The average Bonchev–Trinajstić information content (AvgIpc) is 2.80. The number of rotatable bonds is 3. The molecule has 0 spiro atoms. The molecular weight excluding hydrogens is 278 g/mol. The van der Waals surface area contributed by atoms with Crippen molar-refractivity contribution in [3.8, 4) is 5.88 Å². The molecule has 0 aliphatic rings. The lowest BCUT2D eigenvalue weighted by atomic mass is 10.3. The van der Waals surface area contributed by atoms with Crippen LogP contribution in [0.15, 0.2) is 45.8 Å². The highest BCUT2D eigenvalue weighted by Gasteiger charge is 2.07. The van der Waals surface area contributed by atoms with E-state index >= 15 is 0 Å². The van der Waals surface area contributed by atoms with Crippen molar-refractivity contribution in [2.45, 2.75) is 9.37 Å². The molecule has 6 heteroatoms. The number of pyridine rings is 1. The van der Waals surface area contributed by atoms with E-state index in [1.165, 1.54) is 11.8 Å². The molecule has 1 aromatic carbocycles. The third-order valence-corrected chi connectivity index (χ3v) is 4.51. The minimum atomic E-state index is 0.607. The number of nitrogen functional groups attached to an aromatic ring is 1. The summed E-state index contributed by atoms with van der Waals surface area (Å²) >= 11 is 3.13. The summed E-state index contributed by atoms with van der Waals surface area (Å²) in [4.78, 5) is 8.91. The first-order valence-electron chi connectivity index (χ1n) is 5.59. The molecule has 4 nitrogen and oxygen atoms in total. The van der Waals surface area contributed by atoms with Crippen molar-refractivity contribution in [2.24, 2.45) is 0 Å². The van der Waals surface area contributed by atoms with Crippen molar-refractivity contribution in [3.05, 3.63) is 36.4 Å². The van der Waals surface area contributed by atoms with Crippen molar-refractivity contribution in [3.63, 3.8) is 0 Å². The lowest BCUT2D eigenvalue weighted by Gasteiger charge is -2.00. The second-order valence-electron chi connectivity index (χ2n) is 3.83. The van der Waals surface area contributed by atoms with Crippen LogP contribution >= 0.6 is 23.1 Å². The predicted molar refractivity (Wildman–Crippen MR) is 78.9 cm³/mol. The van der Waals surface area contributed by atoms with Crippen molar-refractivity contribution in [1.29, 1.82) is 0 Å². The van der Waals surface area contributed by atoms with Gasteiger partial charge in [-0.3, -0.25) is 0 Å². The largest absolute Gasteiger partial charge is 0.481 e. The fourth-order valence-corrected chi connectivity index (χ4v) is 3.66. The highest BCUT2D eigenvalue weighted by Crippen LogP contribution is 2.34. The van der Waals surface area contributed by atoms with Gasteiger partial charge in [0.25, 0.3) is 0 Å². The minimum Gasteiger partial charge on any atom is -0.481 e. The van der Waals surface area contributed by atoms with E-state index < -0.39 is 0 Å². The van der Waals surface area contributed by atoms with Crippen molar-refractivity contribution in [1.82, 2.24) is 9.97 Å². The first-order chi connectivity index (χ1) is 9.24. The Morgan fingerprint density at radius 2 is 2.11 bits per heavy atom. The average molecular weight is 289 g/mol. The molecule has 0 amide bonds. The van der Waals surface area contributed by atoms with Gasteiger partial charge >= 0.3 is 0 Å². The van der Waals surface area contributed by atoms with Crippen LogP contribution in [0.1, 0.15) is 0 Å². The van der Waals surface area contributed by atoms with Gasteiger partial charge in [-0.05, 0) is 36.0 Å². The number of thiazole rings is 1. The van der Waals surface area contributed by atoms with E-state index in [2.05, 4.69) is 9.97 Å². The summed E-state index contributed by atoms with van der Waals surface area (Å²) in [6.45, 7) is 0. The van der Waals surface area contributed by atoms with Crippen LogP contribution in [0.4, 0.5) is 5.69 Å². The molecule has 0 saturated heterocycles. The van der Waals surface area contributed by atoms with Gasteiger partial charge in [-0.25, -0.2) is 9.97 Å². The van der Waals surface area contributed by atoms with Gasteiger partial charge in [-0.2, -0.15) is 0 Å². The normalized spacial score (nSPS) is 10.8. The van der Waals surface area contributed by atoms with E-state index in [9.17, 15) is 0 Å². The maximum atomic E-state index is 5.77. The number of methoxy groups -OCH3 is 1. The molecule has 2 N–H and O–H groups in total. The molecule has 0 bridgehead atoms. The zero-order valence-corrected chi connectivity index (χ0v) is 11.8. The van der Waals surface area contributed by atoms with Crippen molar-refractivity contribution in [2.75, 3.05) is 12.8 Å². The highest BCUT2D eigenvalue weighted by molar-refractivity contribution is 8.01. The Kier molecular flexibility index (Phi) is 3.27. The number of hydrogen-bond donors (Lipinski definition) is 1. The Morgan fingerprint density at radius 1 is 1.21 bits per heavy atom. The molecule has 2 heterocycles. The number of fused-ring (bicyclic) bond motifs is 1. The van der Waals surface area contributed by atoms with Gasteiger partial charge < -0.3 is 10.5 Å². The molecule has 0 aliphatic heterocycles. The molecule has 19 heavy (non-hydrogen) atoms. The Morgan fingerprint density at radius 3 is 2.95 bits per heavy atom. The third-order valence-electron chi connectivity index (χ3n) is 2.49. The van der Waals surface area contributed by atoms with E-state index in [4.69, 9.17) is 10.5 Å². The smallest absolute Gasteiger partial charge is 0.213 e. The molecule has 96 valence electrons. The monoisotopic (exact) mass is 289 g/mol. The molecule has 0 atom stereocenters. The van der Waals surface area contributed by atoms with E-state index in [-0.39, 0.29) is 0 Å². The van der Waals surface area contributed by atoms with Crippen LogP contribution in [0, 0.1) is 0 Å². The van der Waals surface area contributed by atoms with Gasteiger partial charge in [-0.15, -0.1) is 11.3 Å². The Bertz CT molecular complexity index is 727. The summed E-state index contributed by atoms with van der Waals surface area (Å²) in [5, 5.41) is 0.867. The number of anilines is 1. The Hall–Kier alpha value is -1.79. The lowest BCUT2D eigenvalue weighted by Crippen LogP contribution is -1.87. The fourth-order valence-electron chi connectivity index (χ4n) is 1.62. The van der Waals surface area contributed by atoms with Crippen LogP contribution in [0.3, 0.4) is 0 Å². The summed E-state index contributed by atoms with van der Waals surface area (Å²) in [5.74, 6) is 0.607. The van der Waals surface area contributed by atoms with Gasteiger partial charge in [0.05, 0.1) is 17.3 Å². The van der Waals surface area contributed by atoms with E-state index in [1.807, 2.05) is 36.4 Å². The van der Waals surface area contributed by atoms with Crippen LogP contribution in [-0.2, 0) is 0 Å². The van der Waals surface area contributed by atoms with Gasteiger partial charge in [0, 0.05) is 11.8 Å². The zero-order chi connectivity index (χ0) is 13.2. The van der Waals surface area contributed by atoms with E-state index in [1.54, 1.807) is 18.4 Å². The molecule has 3 rings (SSSR count). The molecule has 2 aromatic heterocycles. The zero-order valence-electron chi connectivity index (χ0n) is 10.2. The summed E-state index contributed by atoms with van der Waals surface area (Å²) < 4.78 is 7.14. The molecule has 0 radical (unpaired) electrons. The summed E-state index contributed by atoms with van der Waals surface area (Å²) in [6.07, 6.45) is 0. The number of hydrogen-bond acceptors (Lipinski definition) is 6. The molecule has 3 aromatic rings. The van der Waals surface area contributed by atoms with Crippen molar-refractivity contribution >= 4 is 39.0 Å². The maximum Gasteiger partial charge on any atom is 0.213 e. The van der Waals surface area contributed by atoms with Gasteiger partial charge in [-0.1, -0.05) is 6.07 Å². The molecular formula is C13H11N3OS2. The van der Waals surface area contributed by atoms with E-state index in [0.29, 0.717) is 5.88 Å². The lowest BCUT2D eigenvalue weighted by molar-refractivity contribution is 0.394. The van der Waals surface area contributed by atoms with Crippen LogP contribution in [-0.4, -0.2) is 17.1 Å². The van der Waals surface area contributed by atoms with Crippen LogP contribution in [0.25, 0.3) is 10.2 Å². The SMILES string of the molecule is COc1cccc(Sc2nc3ccc(N)cc3s2)n1. The number of ether oxygens (including phenoxy) is 1.